The van der Waals surface area contributed by atoms with E-state index in [4.69, 9.17) is 4.74 Å². The molecule has 1 atom stereocenters. The van der Waals surface area contributed by atoms with Crippen LogP contribution < -0.4 is 15.4 Å². The summed E-state index contributed by atoms with van der Waals surface area (Å²) in [6, 6.07) is 8.47. The molecular weight excluding hydrogens is 264 g/mol. The second kappa shape index (κ2) is 8.03. The van der Waals surface area contributed by atoms with Crippen molar-refractivity contribution in [2.45, 2.75) is 39.2 Å². The van der Waals surface area contributed by atoms with Gasteiger partial charge in [-0.05, 0) is 43.9 Å². The van der Waals surface area contributed by atoms with E-state index >= 15 is 0 Å². The van der Waals surface area contributed by atoms with Gasteiger partial charge in [-0.25, -0.2) is 0 Å². The highest BCUT2D eigenvalue weighted by Gasteiger charge is 2.28. The molecule has 4 heteroatoms. The van der Waals surface area contributed by atoms with Crippen LogP contribution in [0.5, 0.6) is 5.75 Å². The van der Waals surface area contributed by atoms with Gasteiger partial charge in [0.15, 0.2) is 0 Å². The highest BCUT2D eigenvalue weighted by atomic mass is 16.5. The van der Waals surface area contributed by atoms with Crippen LogP contribution in [0.3, 0.4) is 0 Å². The number of benzene rings is 1. The number of carbonyl (C=O) groups excluding carboxylic acids is 1. The number of hydrogen-bond acceptors (Lipinski definition) is 3. The molecule has 2 N–H and O–H groups in total. The van der Waals surface area contributed by atoms with Crippen molar-refractivity contribution < 1.29 is 9.53 Å². The number of amides is 1. The summed E-state index contributed by atoms with van der Waals surface area (Å²) >= 11 is 0. The summed E-state index contributed by atoms with van der Waals surface area (Å²) < 4.78 is 5.58. The van der Waals surface area contributed by atoms with E-state index in [2.05, 4.69) is 36.6 Å². The van der Waals surface area contributed by atoms with E-state index in [1.807, 2.05) is 12.1 Å². The third kappa shape index (κ3) is 5.38. The quantitative estimate of drug-likeness (QED) is 0.687. The molecule has 1 aromatic rings. The minimum atomic E-state index is 0.210. The minimum Gasteiger partial charge on any atom is -0.494 e. The first kappa shape index (κ1) is 15.8. The van der Waals surface area contributed by atoms with Gasteiger partial charge in [0.1, 0.15) is 5.75 Å². The first-order chi connectivity index (χ1) is 10.2. The summed E-state index contributed by atoms with van der Waals surface area (Å²) in [5.41, 5.74) is 1.23. The van der Waals surface area contributed by atoms with E-state index in [9.17, 15) is 4.79 Å². The lowest BCUT2D eigenvalue weighted by Gasteiger charge is -2.15. The third-order valence-corrected chi connectivity index (χ3v) is 3.68. The van der Waals surface area contributed by atoms with Crippen LogP contribution in [0, 0.1) is 5.92 Å². The topological polar surface area (TPSA) is 50.4 Å². The minimum absolute atomic E-state index is 0.210. The molecule has 1 fully saturated rings. The summed E-state index contributed by atoms with van der Waals surface area (Å²) in [5.74, 6) is 1.42. The summed E-state index contributed by atoms with van der Waals surface area (Å²) in [6.07, 6.45) is 3.14. The molecular formula is C17H26N2O2. The van der Waals surface area contributed by atoms with Gasteiger partial charge in [0.05, 0.1) is 6.61 Å². The fraction of sp³-hybridized carbons (Fsp3) is 0.588. The van der Waals surface area contributed by atoms with Gasteiger partial charge in [0.2, 0.25) is 5.91 Å². The van der Waals surface area contributed by atoms with Gasteiger partial charge in [0, 0.05) is 25.0 Å². The molecule has 116 valence electrons. The molecule has 0 spiro atoms. The van der Waals surface area contributed by atoms with Crippen molar-refractivity contribution in [3.05, 3.63) is 29.8 Å². The standard InChI is InChI=1S/C17H26N2O2/c1-3-12-21-16-8-6-14(7-9-16)13(2)18-10-11-19-17(20)15-4-5-15/h6-9,13,15,18H,3-5,10-12H2,1-2H3,(H,19,20). The Labute approximate surface area is 127 Å². The molecule has 0 saturated heterocycles. The first-order valence-corrected chi connectivity index (χ1v) is 7.94. The second-order valence-corrected chi connectivity index (χ2v) is 5.66. The Morgan fingerprint density at radius 2 is 2.00 bits per heavy atom. The number of hydrogen-bond donors (Lipinski definition) is 2. The maximum Gasteiger partial charge on any atom is 0.223 e. The maximum absolute atomic E-state index is 11.5. The Morgan fingerprint density at radius 3 is 2.62 bits per heavy atom. The number of rotatable bonds is 9. The number of ether oxygens (including phenoxy) is 1. The van der Waals surface area contributed by atoms with Crippen LogP contribution in [0.4, 0.5) is 0 Å². The van der Waals surface area contributed by atoms with Crippen molar-refractivity contribution in [3.8, 4) is 5.75 Å². The predicted octanol–water partition coefficient (Wildman–Crippen LogP) is 2.65. The fourth-order valence-corrected chi connectivity index (χ4v) is 2.15. The molecule has 0 heterocycles. The van der Waals surface area contributed by atoms with Gasteiger partial charge in [-0.1, -0.05) is 19.1 Å². The zero-order valence-electron chi connectivity index (χ0n) is 13.0. The molecule has 1 saturated carbocycles. The Morgan fingerprint density at radius 1 is 1.29 bits per heavy atom. The number of nitrogens with one attached hydrogen (secondary N) is 2. The van der Waals surface area contributed by atoms with E-state index in [1.54, 1.807) is 0 Å². The van der Waals surface area contributed by atoms with Crippen molar-refractivity contribution >= 4 is 5.91 Å². The second-order valence-electron chi connectivity index (χ2n) is 5.66. The predicted molar refractivity (Wildman–Crippen MR) is 84.4 cm³/mol. The lowest BCUT2D eigenvalue weighted by Crippen LogP contribution is -2.33. The van der Waals surface area contributed by atoms with Gasteiger partial charge in [-0.3, -0.25) is 4.79 Å². The van der Waals surface area contributed by atoms with Crippen molar-refractivity contribution in [1.82, 2.24) is 10.6 Å². The van der Waals surface area contributed by atoms with Gasteiger partial charge in [-0.2, -0.15) is 0 Å². The third-order valence-electron chi connectivity index (χ3n) is 3.68. The summed E-state index contributed by atoms with van der Waals surface area (Å²) in [5, 5.41) is 6.38. The molecule has 0 aromatic heterocycles. The fourth-order valence-electron chi connectivity index (χ4n) is 2.15. The smallest absolute Gasteiger partial charge is 0.223 e. The van der Waals surface area contributed by atoms with Crippen molar-refractivity contribution in [1.29, 1.82) is 0 Å². The first-order valence-electron chi connectivity index (χ1n) is 7.94. The van der Waals surface area contributed by atoms with Gasteiger partial charge >= 0.3 is 0 Å². The average molecular weight is 290 g/mol. The highest BCUT2D eigenvalue weighted by molar-refractivity contribution is 5.80. The Kier molecular flexibility index (Phi) is 6.05. The summed E-state index contributed by atoms with van der Waals surface area (Å²) in [6.45, 7) is 6.46. The molecule has 0 aliphatic heterocycles. The molecule has 0 radical (unpaired) electrons. The molecule has 1 unspecified atom stereocenters. The summed E-state index contributed by atoms with van der Waals surface area (Å²) in [4.78, 5) is 11.5. The molecule has 1 aromatic carbocycles. The molecule has 2 rings (SSSR count). The molecule has 4 nitrogen and oxygen atoms in total. The van der Waals surface area contributed by atoms with E-state index in [-0.39, 0.29) is 17.9 Å². The van der Waals surface area contributed by atoms with Crippen LogP contribution in [0.2, 0.25) is 0 Å². The van der Waals surface area contributed by atoms with E-state index < -0.39 is 0 Å². The van der Waals surface area contributed by atoms with Crippen LogP contribution in [-0.4, -0.2) is 25.6 Å². The Hall–Kier alpha value is -1.55. The zero-order chi connectivity index (χ0) is 15.1. The molecule has 21 heavy (non-hydrogen) atoms. The normalized spacial score (nSPS) is 15.5. The van der Waals surface area contributed by atoms with Gasteiger partial charge < -0.3 is 15.4 Å². The molecule has 1 amide bonds. The van der Waals surface area contributed by atoms with Crippen molar-refractivity contribution in [3.63, 3.8) is 0 Å². The molecule has 1 aliphatic carbocycles. The largest absolute Gasteiger partial charge is 0.494 e. The SMILES string of the molecule is CCCOc1ccc(C(C)NCCNC(=O)C2CC2)cc1. The summed E-state index contributed by atoms with van der Waals surface area (Å²) in [7, 11) is 0. The van der Waals surface area contributed by atoms with E-state index in [0.717, 1.165) is 38.2 Å². The van der Waals surface area contributed by atoms with Crippen LogP contribution in [0.15, 0.2) is 24.3 Å². The maximum atomic E-state index is 11.5. The van der Waals surface area contributed by atoms with Crippen LogP contribution >= 0.6 is 0 Å². The molecule has 1 aliphatic rings. The molecule has 0 bridgehead atoms. The Balaban J connectivity index is 1.67. The van der Waals surface area contributed by atoms with Crippen LogP contribution in [0.25, 0.3) is 0 Å². The monoisotopic (exact) mass is 290 g/mol. The van der Waals surface area contributed by atoms with Crippen LogP contribution in [-0.2, 0) is 4.79 Å². The Bertz CT molecular complexity index is 441. The van der Waals surface area contributed by atoms with Crippen molar-refractivity contribution in [2.24, 2.45) is 5.92 Å². The van der Waals surface area contributed by atoms with Crippen molar-refractivity contribution in [2.75, 3.05) is 19.7 Å². The van der Waals surface area contributed by atoms with E-state index in [0.29, 0.717) is 6.54 Å². The lowest BCUT2D eigenvalue weighted by atomic mass is 10.1. The van der Waals surface area contributed by atoms with Crippen LogP contribution in [0.1, 0.15) is 44.7 Å². The average Bonchev–Trinajstić information content (AvgIpc) is 3.34. The zero-order valence-corrected chi connectivity index (χ0v) is 13.0. The van der Waals surface area contributed by atoms with Gasteiger partial charge in [-0.15, -0.1) is 0 Å². The number of carbonyl (C=O) groups is 1. The highest BCUT2D eigenvalue weighted by Crippen LogP contribution is 2.28. The van der Waals surface area contributed by atoms with E-state index in [1.165, 1.54) is 5.56 Å². The van der Waals surface area contributed by atoms with Gasteiger partial charge in [0.25, 0.3) is 0 Å². The lowest BCUT2D eigenvalue weighted by molar-refractivity contribution is -0.122.